The minimum Gasteiger partial charge on any atom is -0.394 e. The van der Waals surface area contributed by atoms with Gasteiger partial charge in [-0.2, -0.15) is 0 Å². The summed E-state index contributed by atoms with van der Waals surface area (Å²) in [6.07, 6.45) is 0. The molecule has 2 rings (SSSR count). The zero-order chi connectivity index (χ0) is 15.4. The van der Waals surface area contributed by atoms with Gasteiger partial charge in [-0.15, -0.1) is 0 Å². The number of ether oxygens (including phenoxy) is 1. The van der Waals surface area contributed by atoms with Crippen LogP contribution >= 0.6 is 12.2 Å². The quantitative estimate of drug-likeness (QED) is 0.656. The molecular formula is C15H18N2O3S. The summed E-state index contributed by atoms with van der Waals surface area (Å²) < 4.78 is 7.40. The van der Waals surface area contributed by atoms with Crippen LogP contribution in [0.15, 0.2) is 29.1 Å². The van der Waals surface area contributed by atoms with E-state index in [1.807, 2.05) is 31.2 Å². The highest BCUT2D eigenvalue weighted by atomic mass is 32.1. The van der Waals surface area contributed by atoms with Crippen LogP contribution in [0.25, 0.3) is 11.3 Å². The van der Waals surface area contributed by atoms with Crippen LogP contribution in [-0.2, 0) is 11.5 Å². The summed E-state index contributed by atoms with van der Waals surface area (Å²) >= 11 is 5.23. The van der Waals surface area contributed by atoms with Gasteiger partial charge in [-0.25, -0.2) is 0 Å². The first-order valence-corrected chi connectivity index (χ1v) is 7.04. The lowest BCUT2D eigenvalue weighted by Crippen LogP contribution is -2.20. The molecule has 0 saturated heterocycles. The van der Waals surface area contributed by atoms with Crippen LogP contribution in [0.5, 0.6) is 0 Å². The number of aliphatic hydroxyl groups excluding tert-OH is 1. The molecule has 0 radical (unpaired) electrons. The van der Waals surface area contributed by atoms with Crippen LogP contribution in [0.2, 0.25) is 0 Å². The number of nitrogens with zero attached hydrogens (tertiary/aromatic N) is 1. The zero-order valence-corrected chi connectivity index (χ0v) is 12.9. The molecule has 0 saturated carbocycles. The Balaban J connectivity index is 2.61. The molecule has 0 fully saturated rings. The minimum absolute atomic E-state index is 0.0601. The van der Waals surface area contributed by atoms with E-state index in [-0.39, 0.29) is 25.5 Å². The number of aryl methyl sites for hydroxylation is 1. The summed E-state index contributed by atoms with van der Waals surface area (Å²) in [5.74, 6) is 0. The molecule has 0 atom stereocenters. The van der Waals surface area contributed by atoms with Gasteiger partial charge in [-0.1, -0.05) is 23.8 Å². The van der Waals surface area contributed by atoms with E-state index < -0.39 is 0 Å². The Morgan fingerprint density at radius 1 is 1.38 bits per heavy atom. The fourth-order valence-corrected chi connectivity index (χ4v) is 2.41. The average Bonchev–Trinajstić information content (AvgIpc) is 2.44. The third kappa shape index (κ3) is 3.47. The number of aromatic amines is 1. The van der Waals surface area contributed by atoms with E-state index in [0.29, 0.717) is 10.3 Å². The summed E-state index contributed by atoms with van der Waals surface area (Å²) in [7, 11) is 0. The highest BCUT2D eigenvalue weighted by Crippen LogP contribution is 2.22. The number of H-pyrrole nitrogens is 1. The number of benzene rings is 1. The highest BCUT2D eigenvalue weighted by Gasteiger charge is 2.12. The second-order valence-electron chi connectivity index (χ2n) is 4.79. The molecule has 5 nitrogen and oxygen atoms in total. The molecule has 0 aliphatic rings. The number of aromatic nitrogens is 2. The Kier molecular flexibility index (Phi) is 5.06. The lowest BCUT2D eigenvalue weighted by molar-refractivity contribution is 0.0474. The van der Waals surface area contributed by atoms with Crippen molar-refractivity contribution in [2.45, 2.75) is 20.6 Å². The molecule has 21 heavy (non-hydrogen) atoms. The predicted octanol–water partition coefficient (Wildman–Crippen LogP) is 2.16. The number of hydrogen-bond donors (Lipinski definition) is 2. The molecule has 1 aromatic heterocycles. The van der Waals surface area contributed by atoms with Crippen LogP contribution in [0.1, 0.15) is 11.1 Å². The first-order valence-electron chi connectivity index (χ1n) is 6.64. The van der Waals surface area contributed by atoms with Gasteiger partial charge in [-0.3, -0.25) is 14.3 Å². The highest BCUT2D eigenvalue weighted by molar-refractivity contribution is 7.71. The Morgan fingerprint density at radius 3 is 2.81 bits per heavy atom. The van der Waals surface area contributed by atoms with Crippen molar-refractivity contribution in [2.24, 2.45) is 0 Å². The van der Waals surface area contributed by atoms with Gasteiger partial charge in [0.2, 0.25) is 0 Å². The van der Waals surface area contributed by atoms with Crippen molar-refractivity contribution in [1.82, 2.24) is 9.55 Å². The summed E-state index contributed by atoms with van der Waals surface area (Å²) in [4.78, 5) is 14.6. The molecule has 0 aliphatic carbocycles. The molecular weight excluding hydrogens is 288 g/mol. The molecule has 0 aliphatic heterocycles. The summed E-state index contributed by atoms with van der Waals surface area (Å²) in [5, 5.41) is 8.82. The summed E-state index contributed by atoms with van der Waals surface area (Å²) in [5.41, 5.74) is 3.14. The fraction of sp³-hybridized carbons (Fsp3) is 0.333. The predicted molar refractivity (Wildman–Crippen MR) is 83.8 cm³/mol. The van der Waals surface area contributed by atoms with Crippen molar-refractivity contribution in [3.05, 3.63) is 50.5 Å². The van der Waals surface area contributed by atoms with Crippen LogP contribution in [0.4, 0.5) is 0 Å². The average molecular weight is 306 g/mol. The monoisotopic (exact) mass is 306 g/mol. The van der Waals surface area contributed by atoms with Crippen LogP contribution in [-0.4, -0.2) is 27.9 Å². The SMILES string of the molecule is Cc1cccc(-c2c(C)c(=O)[nH]c(=S)n2COCCO)c1. The molecule has 2 N–H and O–H groups in total. The molecule has 1 aromatic carbocycles. The van der Waals surface area contributed by atoms with Crippen molar-refractivity contribution in [1.29, 1.82) is 0 Å². The Morgan fingerprint density at radius 2 is 2.14 bits per heavy atom. The lowest BCUT2D eigenvalue weighted by atomic mass is 10.1. The first kappa shape index (κ1) is 15.6. The van der Waals surface area contributed by atoms with Gasteiger partial charge in [0.25, 0.3) is 5.56 Å². The van der Waals surface area contributed by atoms with Crippen molar-refractivity contribution >= 4 is 12.2 Å². The second-order valence-corrected chi connectivity index (χ2v) is 5.18. The molecule has 6 heteroatoms. The Labute approximate surface area is 127 Å². The van der Waals surface area contributed by atoms with Crippen molar-refractivity contribution in [3.8, 4) is 11.3 Å². The number of rotatable bonds is 5. The van der Waals surface area contributed by atoms with Crippen molar-refractivity contribution < 1.29 is 9.84 Å². The van der Waals surface area contributed by atoms with Gasteiger partial charge in [-0.05, 0) is 37.7 Å². The summed E-state index contributed by atoms with van der Waals surface area (Å²) in [6, 6.07) is 7.87. The van der Waals surface area contributed by atoms with Gasteiger partial charge in [0.05, 0.1) is 18.9 Å². The van der Waals surface area contributed by atoms with Gasteiger partial charge in [0, 0.05) is 5.56 Å². The Hall–Kier alpha value is -1.76. The van der Waals surface area contributed by atoms with Crippen molar-refractivity contribution in [2.75, 3.05) is 13.2 Å². The lowest BCUT2D eigenvalue weighted by Gasteiger charge is -2.16. The third-order valence-electron chi connectivity index (χ3n) is 3.18. The van der Waals surface area contributed by atoms with E-state index in [0.717, 1.165) is 16.8 Å². The molecule has 2 aromatic rings. The van der Waals surface area contributed by atoms with Gasteiger partial charge in [0.15, 0.2) is 4.77 Å². The standard InChI is InChI=1S/C15H18N2O3S/c1-10-4-3-5-12(8-10)13-11(2)14(19)16-15(21)17(13)9-20-7-6-18/h3-5,8,18H,6-7,9H2,1-2H3,(H,16,19,21). The topological polar surface area (TPSA) is 67.2 Å². The number of nitrogens with one attached hydrogen (secondary N) is 1. The van der Waals surface area contributed by atoms with Crippen molar-refractivity contribution in [3.63, 3.8) is 0 Å². The van der Waals surface area contributed by atoms with Gasteiger partial charge in [0.1, 0.15) is 6.73 Å². The fourth-order valence-electron chi connectivity index (χ4n) is 2.18. The van der Waals surface area contributed by atoms with E-state index in [1.165, 1.54) is 0 Å². The summed E-state index contributed by atoms with van der Waals surface area (Å²) in [6.45, 7) is 4.09. The zero-order valence-electron chi connectivity index (χ0n) is 12.0. The molecule has 0 spiro atoms. The third-order valence-corrected chi connectivity index (χ3v) is 3.50. The van der Waals surface area contributed by atoms with Crippen LogP contribution in [0, 0.1) is 18.6 Å². The maximum Gasteiger partial charge on any atom is 0.255 e. The Bertz CT molecular complexity index is 749. The normalized spacial score (nSPS) is 10.8. The number of aliphatic hydroxyl groups is 1. The minimum atomic E-state index is -0.199. The van der Waals surface area contributed by atoms with E-state index >= 15 is 0 Å². The maximum absolute atomic E-state index is 12.0. The molecule has 0 unspecified atom stereocenters. The molecule has 0 bridgehead atoms. The van der Waals surface area contributed by atoms with Crippen LogP contribution in [0.3, 0.4) is 0 Å². The van der Waals surface area contributed by atoms with E-state index in [1.54, 1.807) is 11.5 Å². The van der Waals surface area contributed by atoms with Gasteiger partial charge < -0.3 is 9.84 Å². The van der Waals surface area contributed by atoms with E-state index in [2.05, 4.69) is 4.98 Å². The molecule has 0 amide bonds. The van der Waals surface area contributed by atoms with E-state index in [9.17, 15) is 4.79 Å². The molecule has 1 heterocycles. The smallest absolute Gasteiger partial charge is 0.255 e. The maximum atomic E-state index is 12.0. The van der Waals surface area contributed by atoms with E-state index in [4.69, 9.17) is 22.1 Å². The first-order chi connectivity index (χ1) is 10.0. The second kappa shape index (κ2) is 6.80. The largest absolute Gasteiger partial charge is 0.394 e. The molecule has 112 valence electrons. The van der Waals surface area contributed by atoms with Crippen LogP contribution < -0.4 is 5.56 Å². The van der Waals surface area contributed by atoms with Gasteiger partial charge >= 0.3 is 0 Å². The number of hydrogen-bond acceptors (Lipinski definition) is 4.